The molecule has 2 rings (SSSR count). The molecule has 1 saturated carbocycles. The van der Waals surface area contributed by atoms with Crippen molar-refractivity contribution in [1.82, 2.24) is 5.32 Å². The Morgan fingerprint density at radius 1 is 1.64 bits per heavy atom. The minimum absolute atomic E-state index is 0.776. The summed E-state index contributed by atoms with van der Waals surface area (Å²) in [5, 5.41) is 3.42. The first-order valence-electron chi connectivity index (χ1n) is 4.60. The Kier molecular flexibility index (Phi) is 3.66. The Morgan fingerprint density at radius 2 is 2.43 bits per heavy atom. The van der Waals surface area contributed by atoms with Gasteiger partial charge in [-0.05, 0) is 40.9 Å². The summed E-state index contributed by atoms with van der Waals surface area (Å²) in [6.45, 7) is 0.956. The van der Waals surface area contributed by atoms with Crippen molar-refractivity contribution >= 4 is 44.9 Å². The van der Waals surface area contributed by atoms with E-state index in [0.717, 1.165) is 21.4 Å². The van der Waals surface area contributed by atoms with Crippen molar-refractivity contribution in [2.45, 2.75) is 18.9 Å². The smallest absolute Gasteiger partial charge is 0.108 e. The predicted octanol–water partition coefficient (Wildman–Crippen LogP) is 3.93. The molecule has 14 heavy (non-hydrogen) atoms. The fourth-order valence-corrected chi connectivity index (χ4v) is 2.81. The van der Waals surface area contributed by atoms with Gasteiger partial charge in [0.25, 0.3) is 0 Å². The van der Waals surface area contributed by atoms with Crippen molar-refractivity contribution in [3.05, 3.63) is 25.8 Å². The van der Waals surface area contributed by atoms with Gasteiger partial charge in [0.05, 0.1) is 0 Å². The predicted molar refractivity (Wildman–Crippen MR) is 67.1 cm³/mol. The molecule has 1 aromatic heterocycles. The quantitative estimate of drug-likeness (QED) is 0.886. The highest BCUT2D eigenvalue weighted by molar-refractivity contribution is 9.10. The van der Waals surface area contributed by atoms with E-state index in [9.17, 15) is 0 Å². The standard InChI is InChI=1S/C10H11BrClNS/c11-9-6-8(14-10(9)12)2-1-5-13-7-3-4-7/h1-2,6-7,13H,3-5H2/b2-1+. The van der Waals surface area contributed by atoms with Gasteiger partial charge in [0.15, 0.2) is 0 Å². The topological polar surface area (TPSA) is 12.0 Å². The summed E-state index contributed by atoms with van der Waals surface area (Å²) < 4.78 is 1.80. The molecule has 0 radical (unpaired) electrons. The van der Waals surface area contributed by atoms with Crippen LogP contribution in [0.4, 0.5) is 0 Å². The SMILES string of the molecule is Clc1sc(/C=C/CNC2CC2)cc1Br. The molecular weight excluding hydrogens is 282 g/mol. The van der Waals surface area contributed by atoms with Crippen molar-refractivity contribution in [2.24, 2.45) is 0 Å². The van der Waals surface area contributed by atoms with E-state index in [0.29, 0.717) is 0 Å². The first-order valence-corrected chi connectivity index (χ1v) is 6.59. The first kappa shape index (κ1) is 10.7. The second-order valence-corrected chi connectivity index (χ2v) is 5.90. The number of thiophene rings is 1. The van der Waals surface area contributed by atoms with Crippen molar-refractivity contribution in [1.29, 1.82) is 0 Å². The van der Waals surface area contributed by atoms with Gasteiger partial charge in [-0.2, -0.15) is 0 Å². The number of halogens is 2. The lowest BCUT2D eigenvalue weighted by molar-refractivity contribution is 0.754. The van der Waals surface area contributed by atoms with Crippen LogP contribution in [-0.4, -0.2) is 12.6 Å². The molecule has 1 nitrogen and oxygen atoms in total. The lowest BCUT2D eigenvalue weighted by Gasteiger charge is -1.93. The normalized spacial score (nSPS) is 16.7. The summed E-state index contributed by atoms with van der Waals surface area (Å²) >= 11 is 10.9. The molecule has 1 aliphatic rings. The molecule has 0 aliphatic heterocycles. The Morgan fingerprint density at radius 3 is 3.00 bits per heavy atom. The number of hydrogen-bond donors (Lipinski definition) is 1. The maximum atomic E-state index is 5.92. The van der Waals surface area contributed by atoms with E-state index in [4.69, 9.17) is 11.6 Å². The molecule has 1 aromatic rings. The lowest BCUT2D eigenvalue weighted by Crippen LogP contribution is -2.15. The zero-order valence-corrected chi connectivity index (χ0v) is 10.8. The van der Waals surface area contributed by atoms with Gasteiger partial charge in [0.1, 0.15) is 4.34 Å². The maximum Gasteiger partial charge on any atom is 0.108 e. The molecule has 0 amide bonds. The second kappa shape index (κ2) is 4.79. The second-order valence-electron chi connectivity index (χ2n) is 3.36. The Hall–Kier alpha value is 0.170. The van der Waals surface area contributed by atoms with Crippen LogP contribution in [0.3, 0.4) is 0 Å². The molecule has 4 heteroatoms. The van der Waals surface area contributed by atoms with Crippen LogP contribution in [0.2, 0.25) is 4.34 Å². The summed E-state index contributed by atoms with van der Waals surface area (Å²) in [4.78, 5) is 1.19. The minimum atomic E-state index is 0.776. The Bertz CT molecular complexity index is 324. The fourth-order valence-electron chi connectivity index (χ4n) is 1.14. The summed E-state index contributed by atoms with van der Waals surface area (Å²) in [6, 6.07) is 2.82. The van der Waals surface area contributed by atoms with E-state index in [1.165, 1.54) is 17.7 Å². The van der Waals surface area contributed by atoms with Gasteiger partial charge >= 0.3 is 0 Å². The molecule has 0 spiro atoms. The number of rotatable bonds is 4. The third-order valence-corrected chi connectivity index (χ3v) is 4.49. The van der Waals surface area contributed by atoms with E-state index in [1.807, 2.05) is 6.07 Å². The average molecular weight is 293 g/mol. The number of nitrogens with one attached hydrogen (secondary N) is 1. The van der Waals surface area contributed by atoms with Crippen molar-refractivity contribution < 1.29 is 0 Å². The van der Waals surface area contributed by atoms with Crippen LogP contribution in [0.5, 0.6) is 0 Å². The molecule has 1 fully saturated rings. The molecule has 1 aliphatic carbocycles. The third kappa shape index (κ3) is 3.09. The largest absolute Gasteiger partial charge is 0.311 e. The average Bonchev–Trinajstić information content (AvgIpc) is 2.90. The van der Waals surface area contributed by atoms with E-state index < -0.39 is 0 Å². The van der Waals surface area contributed by atoms with Crippen LogP contribution in [0, 0.1) is 0 Å². The van der Waals surface area contributed by atoms with Gasteiger partial charge in [-0.25, -0.2) is 0 Å². The molecule has 0 bridgehead atoms. The summed E-state index contributed by atoms with van der Waals surface area (Å²) in [5.41, 5.74) is 0. The minimum Gasteiger partial charge on any atom is -0.311 e. The molecule has 0 unspecified atom stereocenters. The molecule has 0 aromatic carbocycles. The maximum absolute atomic E-state index is 5.92. The van der Waals surface area contributed by atoms with Gasteiger partial charge < -0.3 is 5.32 Å². The van der Waals surface area contributed by atoms with E-state index in [1.54, 1.807) is 11.3 Å². The zero-order chi connectivity index (χ0) is 9.97. The fraction of sp³-hybridized carbons (Fsp3) is 0.400. The van der Waals surface area contributed by atoms with Crippen LogP contribution in [0.1, 0.15) is 17.7 Å². The van der Waals surface area contributed by atoms with E-state index in [-0.39, 0.29) is 0 Å². The van der Waals surface area contributed by atoms with Crippen LogP contribution in [-0.2, 0) is 0 Å². The third-order valence-electron chi connectivity index (χ3n) is 2.05. The Labute approximate surface area is 101 Å². The van der Waals surface area contributed by atoms with Gasteiger partial charge in [-0.15, -0.1) is 11.3 Å². The van der Waals surface area contributed by atoms with Crippen LogP contribution >= 0.6 is 38.9 Å². The highest BCUT2D eigenvalue weighted by Crippen LogP contribution is 2.32. The first-order chi connectivity index (χ1) is 6.75. The monoisotopic (exact) mass is 291 g/mol. The van der Waals surface area contributed by atoms with Gasteiger partial charge in [-0.1, -0.05) is 17.7 Å². The Balaban J connectivity index is 1.82. The lowest BCUT2D eigenvalue weighted by atomic mass is 10.4. The van der Waals surface area contributed by atoms with Crippen molar-refractivity contribution in [3.8, 4) is 0 Å². The van der Waals surface area contributed by atoms with Gasteiger partial charge in [-0.3, -0.25) is 0 Å². The van der Waals surface area contributed by atoms with E-state index in [2.05, 4.69) is 33.4 Å². The van der Waals surface area contributed by atoms with Crippen LogP contribution < -0.4 is 5.32 Å². The zero-order valence-electron chi connectivity index (χ0n) is 7.59. The summed E-state index contributed by atoms with van der Waals surface area (Å²) in [7, 11) is 0. The molecular formula is C10H11BrClNS. The van der Waals surface area contributed by atoms with Gasteiger partial charge in [0, 0.05) is 21.9 Å². The molecule has 76 valence electrons. The van der Waals surface area contributed by atoms with E-state index >= 15 is 0 Å². The number of hydrogen-bond acceptors (Lipinski definition) is 2. The van der Waals surface area contributed by atoms with Crippen molar-refractivity contribution in [3.63, 3.8) is 0 Å². The molecule has 1 N–H and O–H groups in total. The highest BCUT2D eigenvalue weighted by Gasteiger charge is 2.18. The molecule has 0 saturated heterocycles. The van der Waals surface area contributed by atoms with Crippen LogP contribution in [0.15, 0.2) is 16.6 Å². The van der Waals surface area contributed by atoms with Crippen molar-refractivity contribution in [2.75, 3.05) is 6.54 Å². The summed E-state index contributed by atoms with van der Waals surface area (Å²) in [6.07, 6.45) is 6.93. The highest BCUT2D eigenvalue weighted by atomic mass is 79.9. The van der Waals surface area contributed by atoms with Crippen LogP contribution in [0.25, 0.3) is 6.08 Å². The molecule has 0 atom stereocenters. The molecule has 1 heterocycles. The summed E-state index contributed by atoms with van der Waals surface area (Å²) in [5.74, 6) is 0. The van der Waals surface area contributed by atoms with Gasteiger partial charge in [0.2, 0.25) is 0 Å².